The highest BCUT2D eigenvalue weighted by Gasteiger charge is 2.45. The fraction of sp³-hybridized carbons (Fsp3) is 0.667. The van der Waals surface area contributed by atoms with E-state index in [0.29, 0.717) is 17.9 Å². The van der Waals surface area contributed by atoms with E-state index < -0.39 is 0 Å². The topological polar surface area (TPSA) is 47.6 Å². The number of likely N-dealkylation sites (tertiary alicyclic amines) is 1. The van der Waals surface area contributed by atoms with Crippen LogP contribution < -0.4 is 10.6 Å². The van der Waals surface area contributed by atoms with Gasteiger partial charge in [0.15, 0.2) is 0 Å². The van der Waals surface area contributed by atoms with Crippen molar-refractivity contribution in [2.45, 2.75) is 55.5 Å². The Kier molecular flexibility index (Phi) is 5.30. The minimum absolute atomic E-state index is 0.0792. The summed E-state index contributed by atoms with van der Waals surface area (Å²) in [5.41, 5.74) is 4.45. The summed E-state index contributed by atoms with van der Waals surface area (Å²) in [7, 11) is 2.24. The number of carbonyl (C=O) groups excluding carboxylic acids is 1. The van der Waals surface area contributed by atoms with Crippen LogP contribution in [0.5, 0.6) is 0 Å². The molecule has 148 valence electrons. The number of hydrogen-bond donors (Lipinski definition) is 2. The van der Waals surface area contributed by atoms with Crippen LogP contribution in [0.1, 0.15) is 49.7 Å². The number of urea groups is 1. The average Bonchev–Trinajstić information content (AvgIpc) is 3.07. The van der Waals surface area contributed by atoms with E-state index in [0.717, 1.165) is 32.6 Å². The van der Waals surface area contributed by atoms with Crippen molar-refractivity contribution >= 4 is 23.5 Å². The molecular formula is C21H32N4OS. The number of nitrogens with zero attached hydrogens (tertiary/aromatic N) is 2. The van der Waals surface area contributed by atoms with Gasteiger partial charge in [0.05, 0.1) is 0 Å². The van der Waals surface area contributed by atoms with Gasteiger partial charge in [0, 0.05) is 60.7 Å². The first kappa shape index (κ1) is 18.9. The fourth-order valence-corrected chi connectivity index (χ4v) is 6.15. The van der Waals surface area contributed by atoms with Crippen LogP contribution in [-0.2, 0) is 0 Å². The molecule has 1 aliphatic carbocycles. The molecule has 2 unspecified atom stereocenters. The van der Waals surface area contributed by atoms with Crippen LogP contribution in [0.2, 0.25) is 0 Å². The second-order valence-electron chi connectivity index (χ2n) is 8.12. The summed E-state index contributed by atoms with van der Waals surface area (Å²) >= 11 is 1.86. The minimum atomic E-state index is 0.0792. The Morgan fingerprint density at radius 2 is 2.07 bits per heavy atom. The third kappa shape index (κ3) is 3.21. The fourth-order valence-electron chi connectivity index (χ4n) is 5.46. The van der Waals surface area contributed by atoms with Gasteiger partial charge in [-0.1, -0.05) is 0 Å². The highest BCUT2D eigenvalue weighted by molar-refractivity contribution is 7.98. The molecule has 6 heteroatoms. The molecule has 5 nitrogen and oxygen atoms in total. The lowest BCUT2D eigenvalue weighted by molar-refractivity contribution is 0.107. The molecule has 1 aromatic carbocycles. The van der Waals surface area contributed by atoms with E-state index in [1.165, 1.54) is 17.0 Å². The molecule has 2 aliphatic heterocycles. The maximum Gasteiger partial charge on any atom is 0.317 e. The molecule has 2 heterocycles. The molecule has 2 N–H and O–H groups in total. The molecular weight excluding hydrogens is 356 g/mol. The van der Waals surface area contributed by atoms with Gasteiger partial charge in [0.1, 0.15) is 0 Å². The van der Waals surface area contributed by atoms with Gasteiger partial charge in [-0.3, -0.25) is 0 Å². The summed E-state index contributed by atoms with van der Waals surface area (Å²) < 4.78 is 0. The number of benzene rings is 1. The van der Waals surface area contributed by atoms with Gasteiger partial charge in [-0.2, -0.15) is 0 Å². The van der Waals surface area contributed by atoms with E-state index in [-0.39, 0.29) is 12.1 Å². The third-order valence-corrected chi connectivity index (χ3v) is 7.56. The van der Waals surface area contributed by atoms with Crippen LogP contribution in [0.4, 0.5) is 10.5 Å². The quantitative estimate of drug-likeness (QED) is 0.775. The maximum absolute atomic E-state index is 12.6. The highest BCUT2D eigenvalue weighted by atomic mass is 32.2. The Morgan fingerprint density at radius 3 is 2.78 bits per heavy atom. The summed E-state index contributed by atoms with van der Waals surface area (Å²) in [6.45, 7) is 7.61. The number of carbonyl (C=O) groups is 1. The van der Waals surface area contributed by atoms with Gasteiger partial charge in [-0.15, -0.1) is 11.8 Å². The Hall–Kier alpha value is -1.40. The van der Waals surface area contributed by atoms with Gasteiger partial charge in [0.25, 0.3) is 0 Å². The van der Waals surface area contributed by atoms with Crippen molar-refractivity contribution in [1.29, 1.82) is 0 Å². The lowest BCUT2D eigenvalue weighted by Crippen LogP contribution is -2.56. The largest absolute Gasteiger partial charge is 0.384 e. The zero-order valence-corrected chi connectivity index (χ0v) is 17.7. The molecule has 3 aliphatic rings. The highest BCUT2D eigenvalue weighted by Crippen LogP contribution is 2.52. The molecule has 4 rings (SSSR count). The van der Waals surface area contributed by atoms with Crippen molar-refractivity contribution in [3.8, 4) is 0 Å². The Balaban J connectivity index is 1.63. The standard InChI is InChI=1S/C21H32N4OS/c1-5-25(6-2)21(26)23-14-10-15-17(24(3)12-14)9-13-11-22-16-7-8-18(27-4)20(15)19(13)16/h7-8,13-15,17,22H,5-6,9-12H2,1-4H3,(H,23,26)/t13?,14-,15?,17+/m0/s1. The van der Waals surface area contributed by atoms with Crippen LogP contribution in [0.3, 0.4) is 0 Å². The molecule has 1 saturated heterocycles. The van der Waals surface area contributed by atoms with Crippen molar-refractivity contribution in [2.24, 2.45) is 0 Å². The second kappa shape index (κ2) is 7.55. The number of rotatable bonds is 4. The molecule has 0 spiro atoms. The van der Waals surface area contributed by atoms with E-state index in [1.54, 1.807) is 11.1 Å². The molecule has 0 saturated carbocycles. The van der Waals surface area contributed by atoms with Crippen molar-refractivity contribution in [1.82, 2.24) is 15.1 Å². The van der Waals surface area contributed by atoms with Crippen LogP contribution in [0.25, 0.3) is 0 Å². The number of amides is 2. The summed E-state index contributed by atoms with van der Waals surface area (Å²) in [6.07, 6.45) is 4.45. The number of anilines is 1. The number of thioether (sulfide) groups is 1. The molecule has 0 radical (unpaired) electrons. The van der Waals surface area contributed by atoms with E-state index in [4.69, 9.17) is 0 Å². The number of fused-ring (bicyclic) bond motifs is 2. The number of nitrogens with one attached hydrogen (secondary N) is 2. The van der Waals surface area contributed by atoms with Crippen LogP contribution in [0.15, 0.2) is 17.0 Å². The van der Waals surface area contributed by atoms with Crippen molar-refractivity contribution in [3.05, 3.63) is 23.3 Å². The van der Waals surface area contributed by atoms with E-state index in [1.807, 2.05) is 30.5 Å². The number of piperidine rings is 1. The first-order chi connectivity index (χ1) is 13.1. The smallest absolute Gasteiger partial charge is 0.317 e. The Morgan fingerprint density at radius 1 is 1.30 bits per heavy atom. The average molecular weight is 389 g/mol. The van der Waals surface area contributed by atoms with Crippen LogP contribution >= 0.6 is 11.8 Å². The Labute approximate surface area is 167 Å². The molecule has 1 aromatic rings. The first-order valence-corrected chi connectivity index (χ1v) is 11.5. The number of likely N-dealkylation sites (N-methyl/N-ethyl adjacent to an activating group) is 1. The van der Waals surface area contributed by atoms with E-state index in [2.05, 4.69) is 41.0 Å². The molecule has 0 bridgehead atoms. The lowest BCUT2D eigenvalue weighted by atomic mass is 9.69. The van der Waals surface area contributed by atoms with Gasteiger partial charge in [-0.25, -0.2) is 4.79 Å². The minimum Gasteiger partial charge on any atom is -0.384 e. The molecule has 1 fully saturated rings. The monoisotopic (exact) mass is 388 g/mol. The van der Waals surface area contributed by atoms with Gasteiger partial charge in [-0.05, 0) is 63.3 Å². The summed E-state index contributed by atoms with van der Waals surface area (Å²) in [5.74, 6) is 1.13. The van der Waals surface area contributed by atoms with E-state index >= 15 is 0 Å². The summed E-state index contributed by atoms with van der Waals surface area (Å²) in [4.78, 5) is 18.4. The van der Waals surface area contributed by atoms with Gasteiger partial charge in [0.2, 0.25) is 0 Å². The third-order valence-electron chi connectivity index (χ3n) is 6.77. The second-order valence-corrected chi connectivity index (χ2v) is 8.97. The lowest BCUT2D eigenvalue weighted by Gasteiger charge is -2.48. The normalized spacial score (nSPS) is 28.9. The number of hydrogen-bond acceptors (Lipinski definition) is 4. The van der Waals surface area contributed by atoms with Crippen molar-refractivity contribution < 1.29 is 4.79 Å². The zero-order valence-electron chi connectivity index (χ0n) is 16.9. The van der Waals surface area contributed by atoms with Crippen molar-refractivity contribution in [3.63, 3.8) is 0 Å². The zero-order chi connectivity index (χ0) is 19.1. The van der Waals surface area contributed by atoms with Gasteiger partial charge < -0.3 is 20.4 Å². The first-order valence-electron chi connectivity index (χ1n) is 10.3. The van der Waals surface area contributed by atoms with E-state index in [9.17, 15) is 4.79 Å². The maximum atomic E-state index is 12.6. The van der Waals surface area contributed by atoms with Crippen LogP contribution in [-0.4, -0.2) is 67.4 Å². The molecule has 4 atom stereocenters. The van der Waals surface area contributed by atoms with Gasteiger partial charge >= 0.3 is 6.03 Å². The molecule has 2 amide bonds. The molecule has 0 aromatic heterocycles. The molecule has 27 heavy (non-hydrogen) atoms. The predicted molar refractivity (Wildman–Crippen MR) is 113 cm³/mol. The summed E-state index contributed by atoms with van der Waals surface area (Å²) in [6, 6.07) is 5.41. The Bertz CT molecular complexity index is 720. The SMILES string of the molecule is CCN(CC)C(=O)N[C@H]1CC2c3c(SC)ccc4c3C(CN4)C[C@H]2N(C)C1. The predicted octanol–water partition coefficient (Wildman–Crippen LogP) is 3.53. The van der Waals surface area contributed by atoms with Crippen molar-refractivity contribution in [2.75, 3.05) is 44.8 Å². The summed E-state index contributed by atoms with van der Waals surface area (Å²) in [5, 5.41) is 6.94. The van der Waals surface area contributed by atoms with Crippen LogP contribution in [0, 0.1) is 0 Å².